The molecule has 0 aromatic carbocycles. The Morgan fingerprint density at radius 3 is 2.95 bits per heavy atom. The molecule has 0 amide bonds. The van der Waals surface area contributed by atoms with Crippen molar-refractivity contribution in [1.82, 2.24) is 20.5 Å². The van der Waals surface area contributed by atoms with Gasteiger partial charge in [0.25, 0.3) is 0 Å². The molecule has 20 heavy (non-hydrogen) atoms. The number of ether oxygens (including phenoxy) is 1. The van der Waals surface area contributed by atoms with E-state index in [4.69, 9.17) is 4.74 Å². The summed E-state index contributed by atoms with van der Waals surface area (Å²) < 4.78 is 5.94. The first-order valence-corrected chi connectivity index (χ1v) is 8.04. The number of nitrogens with zero attached hydrogens (tertiary/aromatic N) is 3. The monoisotopic (exact) mass is 356 g/mol. The van der Waals surface area contributed by atoms with Crippen molar-refractivity contribution in [2.75, 3.05) is 26.8 Å². The third-order valence-corrected chi connectivity index (χ3v) is 4.12. The lowest BCUT2D eigenvalue weighted by atomic mass is 10.3. The normalized spacial score (nSPS) is 10.9. The third-order valence-electron chi connectivity index (χ3n) is 2.64. The summed E-state index contributed by atoms with van der Waals surface area (Å²) in [6.45, 7) is 2.60. The smallest absolute Gasteiger partial charge is 0.166 e. The van der Waals surface area contributed by atoms with Gasteiger partial charge in [-0.2, -0.15) is 0 Å². The van der Waals surface area contributed by atoms with Crippen LogP contribution in [0.25, 0.3) is 10.7 Å². The number of hydrogen-bond donors (Lipinski definition) is 1. The minimum absolute atomic E-state index is 0.748. The first kappa shape index (κ1) is 15.5. The van der Waals surface area contributed by atoms with Gasteiger partial charge in [-0.15, -0.1) is 10.2 Å². The summed E-state index contributed by atoms with van der Waals surface area (Å²) in [5.41, 5.74) is 0.871. The molecule has 2 rings (SSSR count). The van der Waals surface area contributed by atoms with Crippen LogP contribution in [0.1, 0.15) is 11.4 Å². The predicted molar refractivity (Wildman–Crippen MR) is 83.9 cm³/mol. The van der Waals surface area contributed by atoms with Gasteiger partial charge < -0.3 is 10.1 Å². The number of hydrogen-bond acceptors (Lipinski definition) is 6. The van der Waals surface area contributed by atoms with Crippen LogP contribution in [0.2, 0.25) is 0 Å². The molecule has 0 unspecified atom stereocenters. The average molecular weight is 357 g/mol. The number of methoxy groups -OCH3 is 1. The largest absolute Gasteiger partial charge is 0.383 e. The topological polar surface area (TPSA) is 59.9 Å². The zero-order chi connectivity index (χ0) is 14.2. The minimum atomic E-state index is 0.748. The van der Waals surface area contributed by atoms with E-state index in [0.717, 1.165) is 52.7 Å². The van der Waals surface area contributed by atoms with Crippen LogP contribution in [0.4, 0.5) is 0 Å². The lowest BCUT2D eigenvalue weighted by Crippen LogP contribution is -2.20. The molecule has 0 saturated carbocycles. The van der Waals surface area contributed by atoms with Crippen LogP contribution < -0.4 is 5.32 Å². The van der Waals surface area contributed by atoms with E-state index in [1.165, 1.54) is 0 Å². The predicted octanol–water partition coefficient (Wildman–Crippen LogP) is 2.53. The molecule has 0 radical (unpaired) electrons. The number of rotatable bonds is 8. The number of pyridine rings is 1. The maximum absolute atomic E-state index is 4.97. The maximum Gasteiger partial charge on any atom is 0.166 e. The molecule has 0 aliphatic heterocycles. The van der Waals surface area contributed by atoms with Gasteiger partial charge in [-0.1, -0.05) is 11.3 Å². The molecule has 0 saturated heterocycles. The Bertz CT molecular complexity index is 517. The minimum Gasteiger partial charge on any atom is -0.383 e. The molecule has 7 heteroatoms. The molecule has 2 aromatic rings. The Morgan fingerprint density at radius 1 is 1.30 bits per heavy atom. The standard InChI is InChI=1S/C13H17BrN4OS/c1-19-8-7-15-6-2-3-12-17-18-13(20-12)11-5-4-10(14)9-16-11/h4-5,9,15H,2-3,6-8H2,1H3. The molecule has 0 fully saturated rings. The molecule has 0 spiro atoms. The van der Waals surface area contributed by atoms with Crippen molar-refractivity contribution < 1.29 is 4.74 Å². The van der Waals surface area contributed by atoms with Crippen molar-refractivity contribution in [2.45, 2.75) is 12.8 Å². The second-order valence-corrected chi connectivity index (χ2v) is 6.19. The first-order chi connectivity index (χ1) is 9.79. The van der Waals surface area contributed by atoms with Crippen LogP contribution in [0.5, 0.6) is 0 Å². The van der Waals surface area contributed by atoms with Crippen molar-refractivity contribution in [3.05, 3.63) is 27.8 Å². The summed E-state index contributed by atoms with van der Waals surface area (Å²) >= 11 is 4.98. The van der Waals surface area contributed by atoms with E-state index in [2.05, 4.69) is 36.4 Å². The zero-order valence-corrected chi connectivity index (χ0v) is 13.7. The number of aryl methyl sites for hydroxylation is 1. The third kappa shape index (κ3) is 4.90. The van der Waals surface area contributed by atoms with E-state index in [9.17, 15) is 0 Å². The van der Waals surface area contributed by atoms with Gasteiger partial charge in [-0.25, -0.2) is 0 Å². The number of nitrogens with one attached hydrogen (secondary N) is 1. The van der Waals surface area contributed by atoms with Gasteiger partial charge in [0.15, 0.2) is 5.01 Å². The van der Waals surface area contributed by atoms with E-state index >= 15 is 0 Å². The Labute approximate surface area is 130 Å². The van der Waals surface area contributed by atoms with E-state index < -0.39 is 0 Å². The van der Waals surface area contributed by atoms with E-state index in [0.29, 0.717) is 0 Å². The highest BCUT2D eigenvalue weighted by atomic mass is 79.9. The van der Waals surface area contributed by atoms with E-state index in [1.54, 1.807) is 24.6 Å². The average Bonchev–Trinajstić information content (AvgIpc) is 2.92. The Morgan fingerprint density at radius 2 is 2.20 bits per heavy atom. The zero-order valence-electron chi connectivity index (χ0n) is 11.3. The summed E-state index contributed by atoms with van der Waals surface area (Å²) in [7, 11) is 1.71. The van der Waals surface area contributed by atoms with Crippen LogP contribution in [-0.4, -0.2) is 42.0 Å². The highest BCUT2D eigenvalue weighted by molar-refractivity contribution is 9.10. The molecule has 2 heterocycles. The maximum atomic E-state index is 4.97. The molecular weight excluding hydrogens is 340 g/mol. The van der Waals surface area contributed by atoms with Gasteiger partial charge in [0.05, 0.1) is 6.61 Å². The molecule has 5 nitrogen and oxygen atoms in total. The quantitative estimate of drug-likeness (QED) is 0.736. The number of halogens is 1. The summed E-state index contributed by atoms with van der Waals surface area (Å²) in [4.78, 5) is 4.33. The molecule has 0 aliphatic rings. The van der Waals surface area contributed by atoms with E-state index in [-0.39, 0.29) is 0 Å². The second-order valence-electron chi connectivity index (χ2n) is 4.21. The highest BCUT2D eigenvalue weighted by Gasteiger charge is 2.07. The van der Waals surface area contributed by atoms with Crippen LogP contribution in [0.3, 0.4) is 0 Å². The molecule has 108 valence electrons. The molecule has 1 N–H and O–H groups in total. The van der Waals surface area contributed by atoms with Gasteiger partial charge in [0.2, 0.25) is 0 Å². The molecule has 0 bridgehead atoms. The second kappa shape index (κ2) is 8.41. The molecule has 0 aliphatic carbocycles. The molecular formula is C13H17BrN4OS. The summed E-state index contributed by atoms with van der Waals surface area (Å²) in [5, 5.41) is 13.7. The molecule has 2 aromatic heterocycles. The van der Waals surface area contributed by atoms with Crippen molar-refractivity contribution in [3.63, 3.8) is 0 Å². The van der Waals surface area contributed by atoms with Crippen LogP contribution in [-0.2, 0) is 11.2 Å². The number of aromatic nitrogens is 3. The van der Waals surface area contributed by atoms with Gasteiger partial charge >= 0.3 is 0 Å². The van der Waals surface area contributed by atoms with Crippen LogP contribution in [0.15, 0.2) is 22.8 Å². The van der Waals surface area contributed by atoms with Gasteiger partial charge in [0.1, 0.15) is 10.7 Å². The lowest BCUT2D eigenvalue weighted by Gasteiger charge is -2.01. The molecule has 0 atom stereocenters. The van der Waals surface area contributed by atoms with Crippen molar-refractivity contribution >= 4 is 27.3 Å². The van der Waals surface area contributed by atoms with Crippen molar-refractivity contribution in [1.29, 1.82) is 0 Å². The van der Waals surface area contributed by atoms with Gasteiger partial charge in [0, 0.05) is 30.7 Å². The van der Waals surface area contributed by atoms with E-state index in [1.807, 2.05) is 12.1 Å². The SMILES string of the molecule is COCCNCCCc1nnc(-c2ccc(Br)cn2)s1. The fraction of sp³-hybridized carbons (Fsp3) is 0.462. The highest BCUT2D eigenvalue weighted by Crippen LogP contribution is 2.23. The van der Waals surface area contributed by atoms with Gasteiger partial charge in [-0.05, 0) is 41.0 Å². The summed E-state index contributed by atoms with van der Waals surface area (Å²) in [5.74, 6) is 0. The van der Waals surface area contributed by atoms with Crippen LogP contribution >= 0.6 is 27.3 Å². The fourth-order valence-corrected chi connectivity index (χ4v) is 2.72. The lowest BCUT2D eigenvalue weighted by molar-refractivity contribution is 0.199. The summed E-state index contributed by atoms with van der Waals surface area (Å²) in [6.07, 6.45) is 3.76. The van der Waals surface area contributed by atoms with Crippen molar-refractivity contribution in [2.24, 2.45) is 0 Å². The summed E-state index contributed by atoms with van der Waals surface area (Å²) in [6, 6.07) is 3.91. The van der Waals surface area contributed by atoms with Crippen LogP contribution in [0, 0.1) is 0 Å². The van der Waals surface area contributed by atoms with Gasteiger partial charge in [-0.3, -0.25) is 4.98 Å². The van der Waals surface area contributed by atoms with Crippen molar-refractivity contribution in [3.8, 4) is 10.7 Å². The fourth-order valence-electron chi connectivity index (χ4n) is 1.62. The Kier molecular flexibility index (Phi) is 6.52. The first-order valence-electron chi connectivity index (χ1n) is 6.43. The Hall–Kier alpha value is -0.890. The Balaban J connectivity index is 1.79.